The van der Waals surface area contributed by atoms with Gasteiger partial charge in [0.25, 0.3) is 0 Å². The lowest BCUT2D eigenvalue weighted by atomic mass is 9.99. The molecule has 1 aromatic rings. The number of piperidine rings is 1. The maximum absolute atomic E-state index is 5.65. The summed E-state index contributed by atoms with van der Waals surface area (Å²) in [6, 6.07) is 6.32. The van der Waals surface area contributed by atoms with E-state index in [9.17, 15) is 0 Å². The molecule has 0 saturated carbocycles. The molecule has 0 aliphatic carbocycles. The second kappa shape index (κ2) is 6.64. The van der Waals surface area contributed by atoms with Gasteiger partial charge < -0.3 is 15.4 Å². The van der Waals surface area contributed by atoms with Crippen LogP contribution in [-0.4, -0.2) is 26.2 Å². The summed E-state index contributed by atoms with van der Waals surface area (Å²) in [5.41, 5.74) is 2.39. The van der Waals surface area contributed by atoms with Crippen molar-refractivity contribution in [2.24, 2.45) is 5.92 Å². The van der Waals surface area contributed by atoms with Crippen LogP contribution in [0.4, 0.5) is 5.69 Å². The molecule has 2 rings (SSSR count). The van der Waals surface area contributed by atoms with Gasteiger partial charge in [-0.05, 0) is 63.4 Å². The molecule has 100 valence electrons. The zero-order valence-corrected chi connectivity index (χ0v) is 11.5. The molecular formula is C15H24N2O. The lowest BCUT2D eigenvalue weighted by Gasteiger charge is -2.24. The van der Waals surface area contributed by atoms with E-state index in [0.717, 1.165) is 30.4 Å². The van der Waals surface area contributed by atoms with Crippen LogP contribution >= 0.6 is 0 Å². The zero-order valence-electron chi connectivity index (χ0n) is 11.5. The fourth-order valence-electron chi connectivity index (χ4n) is 2.42. The highest BCUT2D eigenvalue weighted by atomic mass is 16.5. The van der Waals surface area contributed by atoms with Crippen LogP contribution in [0, 0.1) is 12.8 Å². The Morgan fingerprint density at radius 3 is 3.06 bits per heavy atom. The van der Waals surface area contributed by atoms with Crippen molar-refractivity contribution in [3.8, 4) is 5.75 Å². The monoisotopic (exact) mass is 248 g/mol. The maximum Gasteiger partial charge on any atom is 0.142 e. The zero-order chi connectivity index (χ0) is 12.8. The summed E-state index contributed by atoms with van der Waals surface area (Å²) in [6.07, 6.45) is 2.61. The van der Waals surface area contributed by atoms with Crippen LogP contribution in [0.2, 0.25) is 0 Å². The first-order valence-electron chi connectivity index (χ1n) is 6.97. The van der Waals surface area contributed by atoms with Crippen molar-refractivity contribution in [2.75, 3.05) is 31.6 Å². The SMILES string of the molecule is CCOc1ccc(C)cc1NCC1CCCNC1. The highest BCUT2D eigenvalue weighted by molar-refractivity contribution is 5.58. The highest BCUT2D eigenvalue weighted by Crippen LogP contribution is 2.26. The van der Waals surface area contributed by atoms with Gasteiger partial charge in [-0.15, -0.1) is 0 Å². The summed E-state index contributed by atoms with van der Waals surface area (Å²) in [5, 5.41) is 6.99. The average molecular weight is 248 g/mol. The second-order valence-electron chi connectivity index (χ2n) is 5.03. The van der Waals surface area contributed by atoms with E-state index in [0.29, 0.717) is 6.61 Å². The molecule has 3 nitrogen and oxygen atoms in total. The average Bonchev–Trinajstić information content (AvgIpc) is 2.40. The Morgan fingerprint density at radius 2 is 2.33 bits per heavy atom. The number of hydrogen-bond acceptors (Lipinski definition) is 3. The van der Waals surface area contributed by atoms with E-state index < -0.39 is 0 Å². The first kappa shape index (κ1) is 13.2. The molecule has 1 aliphatic rings. The molecule has 1 fully saturated rings. The van der Waals surface area contributed by atoms with Crippen LogP contribution in [0.15, 0.2) is 18.2 Å². The number of hydrogen-bond donors (Lipinski definition) is 2. The van der Waals surface area contributed by atoms with Crippen molar-refractivity contribution in [1.29, 1.82) is 0 Å². The van der Waals surface area contributed by atoms with Crippen molar-refractivity contribution in [1.82, 2.24) is 5.32 Å². The molecular weight excluding hydrogens is 224 g/mol. The van der Waals surface area contributed by atoms with E-state index in [-0.39, 0.29) is 0 Å². The van der Waals surface area contributed by atoms with E-state index in [1.165, 1.54) is 24.9 Å². The number of nitrogens with one attached hydrogen (secondary N) is 2. The molecule has 0 radical (unpaired) electrons. The summed E-state index contributed by atoms with van der Waals surface area (Å²) in [5.74, 6) is 1.70. The maximum atomic E-state index is 5.65. The predicted molar refractivity (Wildman–Crippen MR) is 76.4 cm³/mol. The standard InChI is InChI=1S/C15H24N2O/c1-3-18-15-7-6-12(2)9-14(15)17-11-13-5-4-8-16-10-13/h6-7,9,13,16-17H,3-5,8,10-11H2,1-2H3. The number of rotatable bonds is 5. The molecule has 1 aliphatic heterocycles. The number of aryl methyl sites for hydroxylation is 1. The second-order valence-corrected chi connectivity index (χ2v) is 5.03. The summed E-state index contributed by atoms with van der Waals surface area (Å²) in [4.78, 5) is 0. The van der Waals surface area contributed by atoms with E-state index in [4.69, 9.17) is 4.74 Å². The molecule has 1 atom stereocenters. The Kier molecular flexibility index (Phi) is 4.88. The Balaban J connectivity index is 1.95. The molecule has 0 amide bonds. The number of benzene rings is 1. The Morgan fingerprint density at radius 1 is 1.44 bits per heavy atom. The van der Waals surface area contributed by atoms with Crippen molar-refractivity contribution < 1.29 is 4.74 Å². The molecule has 0 spiro atoms. The van der Waals surface area contributed by atoms with Gasteiger partial charge in [-0.25, -0.2) is 0 Å². The van der Waals surface area contributed by atoms with E-state index >= 15 is 0 Å². The Labute approximate surface area is 110 Å². The first-order valence-corrected chi connectivity index (χ1v) is 6.97. The van der Waals surface area contributed by atoms with Gasteiger partial charge in [-0.3, -0.25) is 0 Å². The fraction of sp³-hybridized carbons (Fsp3) is 0.600. The summed E-state index contributed by atoms with van der Waals surface area (Å²) in [6.45, 7) is 8.17. The van der Waals surface area contributed by atoms with Gasteiger partial charge in [0.15, 0.2) is 0 Å². The molecule has 0 aromatic heterocycles. The minimum absolute atomic E-state index is 0.711. The lowest BCUT2D eigenvalue weighted by molar-refractivity contribution is 0.341. The third-order valence-electron chi connectivity index (χ3n) is 3.42. The summed E-state index contributed by atoms with van der Waals surface area (Å²) >= 11 is 0. The molecule has 1 heterocycles. The minimum atomic E-state index is 0.711. The molecule has 1 unspecified atom stereocenters. The molecule has 1 aromatic carbocycles. The molecule has 1 saturated heterocycles. The van der Waals surface area contributed by atoms with Gasteiger partial charge in [-0.1, -0.05) is 6.07 Å². The van der Waals surface area contributed by atoms with E-state index in [2.05, 4.69) is 35.8 Å². The smallest absolute Gasteiger partial charge is 0.142 e. The van der Waals surface area contributed by atoms with Crippen LogP contribution < -0.4 is 15.4 Å². The Hall–Kier alpha value is -1.22. The van der Waals surface area contributed by atoms with Gasteiger partial charge in [0, 0.05) is 6.54 Å². The van der Waals surface area contributed by atoms with Crippen molar-refractivity contribution >= 4 is 5.69 Å². The Bertz CT molecular complexity index is 373. The molecule has 18 heavy (non-hydrogen) atoms. The van der Waals surface area contributed by atoms with Crippen molar-refractivity contribution in [2.45, 2.75) is 26.7 Å². The van der Waals surface area contributed by atoms with Crippen molar-refractivity contribution in [3.05, 3.63) is 23.8 Å². The fourth-order valence-corrected chi connectivity index (χ4v) is 2.42. The van der Waals surface area contributed by atoms with Gasteiger partial charge in [0.2, 0.25) is 0 Å². The molecule has 2 N–H and O–H groups in total. The number of anilines is 1. The van der Waals surface area contributed by atoms with Gasteiger partial charge in [0.1, 0.15) is 5.75 Å². The van der Waals surface area contributed by atoms with Crippen LogP contribution in [-0.2, 0) is 0 Å². The van der Waals surface area contributed by atoms with Crippen LogP contribution in [0.25, 0.3) is 0 Å². The molecule has 0 bridgehead atoms. The summed E-state index contributed by atoms with van der Waals surface area (Å²) < 4.78 is 5.65. The van der Waals surface area contributed by atoms with Gasteiger partial charge in [0.05, 0.1) is 12.3 Å². The summed E-state index contributed by atoms with van der Waals surface area (Å²) in [7, 11) is 0. The van der Waals surface area contributed by atoms with E-state index in [1.54, 1.807) is 0 Å². The van der Waals surface area contributed by atoms with Crippen LogP contribution in [0.5, 0.6) is 5.75 Å². The highest BCUT2D eigenvalue weighted by Gasteiger charge is 2.13. The van der Waals surface area contributed by atoms with Crippen LogP contribution in [0.3, 0.4) is 0 Å². The predicted octanol–water partition coefficient (Wildman–Crippen LogP) is 2.81. The number of ether oxygens (including phenoxy) is 1. The normalized spacial score (nSPS) is 19.6. The third-order valence-corrected chi connectivity index (χ3v) is 3.42. The topological polar surface area (TPSA) is 33.3 Å². The lowest BCUT2D eigenvalue weighted by Crippen LogP contribution is -2.33. The van der Waals surface area contributed by atoms with Gasteiger partial charge in [-0.2, -0.15) is 0 Å². The quantitative estimate of drug-likeness (QED) is 0.840. The van der Waals surface area contributed by atoms with Crippen LogP contribution in [0.1, 0.15) is 25.3 Å². The van der Waals surface area contributed by atoms with Gasteiger partial charge >= 0.3 is 0 Å². The van der Waals surface area contributed by atoms with Crippen molar-refractivity contribution in [3.63, 3.8) is 0 Å². The molecule has 3 heteroatoms. The largest absolute Gasteiger partial charge is 0.492 e. The first-order chi connectivity index (χ1) is 8.79. The van der Waals surface area contributed by atoms with E-state index in [1.807, 2.05) is 6.92 Å². The minimum Gasteiger partial charge on any atom is -0.492 e. The third kappa shape index (κ3) is 3.64.